The predicted molar refractivity (Wildman–Crippen MR) is 98.5 cm³/mol. The van der Waals surface area contributed by atoms with Crippen LogP contribution in [0.3, 0.4) is 0 Å². The first kappa shape index (κ1) is 18.6. The molecule has 2 aliphatic rings. The topological polar surface area (TPSA) is 96.7 Å². The zero-order valence-corrected chi connectivity index (χ0v) is 15.1. The van der Waals surface area contributed by atoms with Gasteiger partial charge in [-0.2, -0.15) is 0 Å². The van der Waals surface area contributed by atoms with Gasteiger partial charge in [0.1, 0.15) is 0 Å². The smallest absolute Gasteiger partial charge is 0.270 e. The quantitative estimate of drug-likeness (QED) is 0.592. The molecular formula is C18H26N4O4. The SMILES string of the molecule is CNC(=O)c1cc([N+](=O)[O-])ccc1NC1CCN(CC2CCOC2)CC1. The number of non-ortho nitro benzene ring substituents is 1. The third-order valence-corrected chi connectivity index (χ3v) is 5.17. The van der Waals surface area contributed by atoms with E-state index in [4.69, 9.17) is 4.74 Å². The van der Waals surface area contributed by atoms with Gasteiger partial charge in [-0.3, -0.25) is 14.9 Å². The van der Waals surface area contributed by atoms with Crippen molar-refractivity contribution in [2.45, 2.75) is 25.3 Å². The Balaban J connectivity index is 1.60. The van der Waals surface area contributed by atoms with Crippen molar-refractivity contribution in [2.24, 2.45) is 5.92 Å². The molecule has 0 aliphatic carbocycles. The lowest BCUT2D eigenvalue weighted by Gasteiger charge is -2.34. The molecule has 0 aromatic heterocycles. The van der Waals surface area contributed by atoms with Crippen molar-refractivity contribution in [3.8, 4) is 0 Å². The van der Waals surface area contributed by atoms with Crippen LogP contribution in [0.1, 0.15) is 29.6 Å². The van der Waals surface area contributed by atoms with Crippen molar-refractivity contribution in [1.29, 1.82) is 0 Å². The van der Waals surface area contributed by atoms with E-state index in [1.807, 2.05) is 0 Å². The number of carbonyl (C=O) groups is 1. The largest absolute Gasteiger partial charge is 0.382 e. The maximum absolute atomic E-state index is 12.1. The van der Waals surface area contributed by atoms with Gasteiger partial charge in [0.05, 0.1) is 17.1 Å². The van der Waals surface area contributed by atoms with Gasteiger partial charge in [-0.25, -0.2) is 0 Å². The van der Waals surface area contributed by atoms with E-state index < -0.39 is 4.92 Å². The van der Waals surface area contributed by atoms with Crippen molar-refractivity contribution >= 4 is 17.3 Å². The number of amides is 1. The van der Waals surface area contributed by atoms with E-state index in [-0.39, 0.29) is 17.6 Å². The summed E-state index contributed by atoms with van der Waals surface area (Å²) in [6.07, 6.45) is 3.12. The summed E-state index contributed by atoms with van der Waals surface area (Å²) in [6.45, 7) is 4.86. The van der Waals surface area contributed by atoms with Crippen LogP contribution in [0.5, 0.6) is 0 Å². The summed E-state index contributed by atoms with van der Waals surface area (Å²) in [5.74, 6) is 0.323. The van der Waals surface area contributed by atoms with Crippen LogP contribution >= 0.6 is 0 Å². The molecule has 1 unspecified atom stereocenters. The Morgan fingerprint density at radius 1 is 1.35 bits per heavy atom. The Morgan fingerprint density at radius 2 is 2.12 bits per heavy atom. The van der Waals surface area contributed by atoms with E-state index >= 15 is 0 Å². The minimum atomic E-state index is -0.485. The predicted octanol–water partition coefficient (Wildman–Crippen LogP) is 1.87. The molecule has 0 saturated carbocycles. The second-order valence-electron chi connectivity index (χ2n) is 7.01. The zero-order valence-electron chi connectivity index (χ0n) is 15.1. The number of carbonyl (C=O) groups excluding carboxylic acids is 1. The highest BCUT2D eigenvalue weighted by Gasteiger charge is 2.25. The molecule has 8 heteroatoms. The molecule has 8 nitrogen and oxygen atoms in total. The third kappa shape index (κ3) is 4.50. The first-order valence-corrected chi connectivity index (χ1v) is 9.14. The molecule has 26 heavy (non-hydrogen) atoms. The highest BCUT2D eigenvalue weighted by molar-refractivity contribution is 6.00. The normalized spacial score (nSPS) is 21.5. The number of rotatable bonds is 6. The second kappa shape index (κ2) is 8.46. The van der Waals surface area contributed by atoms with Gasteiger partial charge >= 0.3 is 0 Å². The number of nitro groups is 1. The Labute approximate surface area is 153 Å². The molecule has 0 radical (unpaired) electrons. The van der Waals surface area contributed by atoms with Gasteiger partial charge in [-0.15, -0.1) is 0 Å². The lowest BCUT2D eigenvalue weighted by molar-refractivity contribution is -0.384. The zero-order chi connectivity index (χ0) is 18.5. The van der Waals surface area contributed by atoms with E-state index in [2.05, 4.69) is 15.5 Å². The van der Waals surface area contributed by atoms with E-state index in [1.165, 1.54) is 19.2 Å². The number of benzene rings is 1. The molecule has 2 saturated heterocycles. The Morgan fingerprint density at radius 3 is 2.73 bits per heavy atom. The van der Waals surface area contributed by atoms with Crippen LogP contribution in [0.15, 0.2) is 18.2 Å². The number of hydrogen-bond acceptors (Lipinski definition) is 6. The maximum Gasteiger partial charge on any atom is 0.270 e. The van der Waals surface area contributed by atoms with Gasteiger partial charge < -0.3 is 20.3 Å². The summed E-state index contributed by atoms with van der Waals surface area (Å²) in [6, 6.07) is 4.65. The average Bonchev–Trinajstić information content (AvgIpc) is 3.16. The van der Waals surface area contributed by atoms with E-state index in [1.54, 1.807) is 6.07 Å². The lowest BCUT2D eigenvalue weighted by Crippen LogP contribution is -2.41. The Kier molecular flexibility index (Phi) is 6.05. The van der Waals surface area contributed by atoms with Crippen LogP contribution in [-0.4, -0.2) is 61.7 Å². The molecule has 142 valence electrons. The first-order chi connectivity index (χ1) is 12.6. The number of hydrogen-bond donors (Lipinski definition) is 2. The fraction of sp³-hybridized carbons (Fsp3) is 0.611. The van der Waals surface area contributed by atoms with E-state index in [9.17, 15) is 14.9 Å². The number of ether oxygens (including phenoxy) is 1. The highest BCUT2D eigenvalue weighted by Crippen LogP contribution is 2.25. The van der Waals surface area contributed by atoms with E-state index in [0.29, 0.717) is 17.2 Å². The number of nitrogens with one attached hydrogen (secondary N) is 2. The van der Waals surface area contributed by atoms with Crippen molar-refractivity contribution in [1.82, 2.24) is 10.2 Å². The van der Waals surface area contributed by atoms with Crippen LogP contribution in [0.4, 0.5) is 11.4 Å². The van der Waals surface area contributed by atoms with Crippen molar-refractivity contribution in [2.75, 3.05) is 45.2 Å². The van der Waals surface area contributed by atoms with Crippen LogP contribution in [0, 0.1) is 16.0 Å². The van der Waals surface area contributed by atoms with Crippen LogP contribution in [-0.2, 0) is 4.74 Å². The maximum atomic E-state index is 12.1. The summed E-state index contributed by atoms with van der Waals surface area (Å²) >= 11 is 0. The average molecular weight is 362 g/mol. The van der Waals surface area contributed by atoms with Gasteiger partial charge in [0.15, 0.2) is 0 Å². The number of nitro benzene ring substituents is 1. The Bertz CT molecular complexity index is 653. The molecule has 1 aromatic rings. The molecule has 3 rings (SSSR count). The molecule has 0 spiro atoms. The third-order valence-electron chi connectivity index (χ3n) is 5.17. The van der Waals surface area contributed by atoms with Gasteiger partial charge in [-0.05, 0) is 31.2 Å². The number of piperidine rings is 1. The summed E-state index contributed by atoms with van der Waals surface area (Å²) in [4.78, 5) is 25.1. The molecule has 1 aromatic carbocycles. The van der Waals surface area contributed by atoms with Crippen molar-refractivity contribution in [3.05, 3.63) is 33.9 Å². The molecular weight excluding hydrogens is 336 g/mol. The van der Waals surface area contributed by atoms with Crippen molar-refractivity contribution in [3.63, 3.8) is 0 Å². The summed E-state index contributed by atoms with van der Waals surface area (Å²) in [5.41, 5.74) is 0.882. The number of anilines is 1. The molecule has 2 heterocycles. The molecule has 1 atom stereocenters. The van der Waals surface area contributed by atoms with E-state index in [0.717, 1.165) is 52.1 Å². The van der Waals surface area contributed by atoms with Crippen LogP contribution < -0.4 is 10.6 Å². The minimum absolute atomic E-state index is 0.0808. The summed E-state index contributed by atoms with van der Waals surface area (Å²) in [7, 11) is 1.52. The Hall–Kier alpha value is -2.19. The highest BCUT2D eigenvalue weighted by atomic mass is 16.6. The van der Waals surface area contributed by atoms with Gasteiger partial charge in [0.2, 0.25) is 0 Å². The lowest BCUT2D eigenvalue weighted by atomic mass is 10.0. The minimum Gasteiger partial charge on any atom is -0.382 e. The number of nitrogens with zero attached hydrogens (tertiary/aromatic N) is 2. The summed E-state index contributed by atoms with van der Waals surface area (Å²) < 4.78 is 5.45. The number of likely N-dealkylation sites (tertiary alicyclic amines) is 1. The van der Waals surface area contributed by atoms with Gasteiger partial charge in [-0.1, -0.05) is 0 Å². The molecule has 2 fully saturated rings. The second-order valence-corrected chi connectivity index (χ2v) is 7.01. The fourth-order valence-electron chi connectivity index (χ4n) is 3.67. The molecule has 2 aliphatic heterocycles. The van der Waals surface area contributed by atoms with Crippen molar-refractivity contribution < 1.29 is 14.5 Å². The molecule has 0 bridgehead atoms. The standard InChI is InChI=1S/C18H26N4O4/c1-19-18(23)16-10-15(22(24)25)2-3-17(16)20-14-4-7-21(8-5-14)11-13-6-9-26-12-13/h2-3,10,13-14,20H,4-9,11-12H2,1H3,(H,19,23). The molecule has 2 N–H and O–H groups in total. The van der Waals surface area contributed by atoms with Gasteiger partial charge in [0, 0.05) is 57.2 Å². The summed E-state index contributed by atoms with van der Waals surface area (Å²) in [5, 5.41) is 16.9. The van der Waals surface area contributed by atoms with Crippen LogP contribution in [0.25, 0.3) is 0 Å². The fourth-order valence-corrected chi connectivity index (χ4v) is 3.67. The van der Waals surface area contributed by atoms with Gasteiger partial charge in [0.25, 0.3) is 11.6 Å². The monoisotopic (exact) mass is 362 g/mol. The van der Waals surface area contributed by atoms with Crippen LogP contribution in [0.2, 0.25) is 0 Å². The first-order valence-electron chi connectivity index (χ1n) is 9.14. The molecule has 1 amide bonds.